The van der Waals surface area contributed by atoms with Gasteiger partial charge in [0, 0.05) is 17.3 Å². The van der Waals surface area contributed by atoms with E-state index in [4.69, 9.17) is 4.74 Å². The number of benzene rings is 2. The summed E-state index contributed by atoms with van der Waals surface area (Å²) in [6.45, 7) is 0. The molecule has 0 aliphatic heterocycles. The SMILES string of the molecule is O=C(c1ccc(Oc2ncccc2[C@@H]2CCC(O)(C(F)(F)F)C2)cc1)c1nc2ccccc2[nH]1. The Kier molecular flexibility index (Phi) is 5.36. The normalized spacial score (nSPS) is 20.5. The van der Waals surface area contributed by atoms with Crippen LogP contribution in [-0.4, -0.2) is 37.6 Å². The fourth-order valence-corrected chi connectivity index (χ4v) is 4.33. The highest BCUT2D eigenvalue weighted by Crippen LogP contribution is 2.50. The number of para-hydroxylation sites is 2. The van der Waals surface area contributed by atoms with Crippen molar-refractivity contribution in [1.82, 2.24) is 15.0 Å². The zero-order chi connectivity index (χ0) is 23.9. The molecule has 6 nitrogen and oxygen atoms in total. The van der Waals surface area contributed by atoms with Crippen molar-refractivity contribution >= 4 is 16.8 Å². The van der Waals surface area contributed by atoms with E-state index in [-0.39, 0.29) is 30.3 Å². The highest BCUT2D eigenvalue weighted by atomic mass is 19.4. The maximum Gasteiger partial charge on any atom is 0.417 e. The van der Waals surface area contributed by atoms with Crippen molar-refractivity contribution in [2.45, 2.75) is 37.0 Å². The molecule has 1 unspecified atom stereocenters. The van der Waals surface area contributed by atoms with Crippen LogP contribution in [0.5, 0.6) is 11.6 Å². The molecule has 2 aromatic carbocycles. The summed E-state index contributed by atoms with van der Waals surface area (Å²) in [5.41, 5.74) is -0.344. The number of hydrogen-bond donors (Lipinski definition) is 2. The van der Waals surface area contributed by atoms with Crippen LogP contribution in [0.4, 0.5) is 13.2 Å². The number of aromatic amines is 1. The van der Waals surface area contributed by atoms with E-state index in [1.54, 1.807) is 36.4 Å². The topological polar surface area (TPSA) is 88.1 Å². The maximum absolute atomic E-state index is 13.2. The van der Waals surface area contributed by atoms with E-state index in [1.165, 1.54) is 6.20 Å². The van der Waals surface area contributed by atoms with Crippen LogP contribution in [0.15, 0.2) is 66.9 Å². The molecule has 174 valence electrons. The number of ketones is 1. The molecule has 34 heavy (non-hydrogen) atoms. The molecule has 0 radical (unpaired) electrons. The molecule has 1 aliphatic rings. The van der Waals surface area contributed by atoms with Gasteiger partial charge in [0.2, 0.25) is 11.7 Å². The summed E-state index contributed by atoms with van der Waals surface area (Å²) in [5, 5.41) is 10.0. The molecule has 5 rings (SSSR count). The average molecular weight is 467 g/mol. The number of pyridine rings is 1. The van der Waals surface area contributed by atoms with Gasteiger partial charge in [0.05, 0.1) is 11.0 Å². The predicted octanol–water partition coefficient (Wildman–Crippen LogP) is 5.54. The minimum absolute atomic E-state index is 0.170. The number of carbonyl (C=O) groups is 1. The molecular formula is C25H20F3N3O3. The van der Waals surface area contributed by atoms with Crippen molar-refractivity contribution in [2.24, 2.45) is 0 Å². The van der Waals surface area contributed by atoms with Crippen LogP contribution in [0.2, 0.25) is 0 Å². The van der Waals surface area contributed by atoms with Crippen LogP contribution in [0.25, 0.3) is 11.0 Å². The predicted molar refractivity (Wildman–Crippen MR) is 118 cm³/mol. The van der Waals surface area contributed by atoms with E-state index < -0.39 is 24.1 Å². The number of ether oxygens (including phenoxy) is 1. The first-order valence-electron chi connectivity index (χ1n) is 10.7. The molecule has 2 aromatic heterocycles. The fraction of sp³-hybridized carbons (Fsp3) is 0.240. The number of nitrogens with one attached hydrogen (secondary N) is 1. The molecule has 0 bridgehead atoms. The van der Waals surface area contributed by atoms with Gasteiger partial charge in [-0.15, -0.1) is 0 Å². The van der Waals surface area contributed by atoms with E-state index in [9.17, 15) is 23.1 Å². The summed E-state index contributed by atoms with van der Waals surface area (Å²) in [7, 11) is 0. The van der Waals surface area contributed by atoms with E-state index in [0.29, 0.717) is 22.4 Å². The van der Waals surface area contributed by atoms with Gasteiger partial charge in [-0.2, -0.15) is 13.2 Å². The summed E-state index contributed by atoms with van der Waals surface area (Å²) >= 11 is 0. The molecule has 0 amide bonds. The number of fused-ring (bicyclic) bond motifs is 1. The number of hydrogen-bond acceptors (Lipinski definition) is 5. The van der Waals surface area contributed by atoms with Gasteiger partial charge in [-0.25, -0.2) is 9.97 Å². The van der Waals surface area contributed by atoms with Gasteiger partial charge in [-0.3, -0.25) is 4.79 Å². The number of imidazole rings is 1. The number of halogens is 3. The quantitative estimate of drug-likeness (QED) is 0.376. The molecule has 1 fully saturated rings. The monoisotopic (exact) mass is 467 g/mol. The number of aromatic nitrogens is 3. The second kappa shape index (κ2) is 8.25. The highest BCUT2D eigenvalue weighted by molar-refractivity contribution is 6.08. The molecule has 2 N–H and O–H groups in total. The maximum atomic E-state index is 13.2. The lowest BCUT2D eigenvalue weighted by Crippen LogP contribution is -2.42. The molecule has 2 atom stereocenters. The van der Waals surface area contributed by atoms with Gasteiger partial charge in [-0.1, -0.05) is 18.2 Å². The van der Waals surface area contributed by atoms with Crippen LogP contribution < -0.4 is 4.74 Å². The fourth-order valence-electron chi connectivity index (χ4n) is 4.33. The zero-order valence-corrected chi connectivity index (χ0v) is 17.8. The smallest absolute Gasteiger partial charge is 0.417 e. The standard InChI is InChI=1S/C25H20F3N3O3/c26-25(27,28)24(33)12-11-16(14-24)18-4-3-13-29-23(18)34-17-9-7-15(8-10-17)21(32)22-30-19-5-1-2-6-20(19)31-22/h1-10,13,16,33H,11-12,14H2,(H,30,31)/t16-,24?/m1/s1. The van der Waals surface area contributed by atoms with Crippen molar-refractivity contribution in [1.29, 1.82) is 0 Å². The number of aliphatic hydroxyl groups is 1. The van der Waals surface area contributed by atoms with Crippen molar-refractivity contribution in [3.05, 3.63) is 83.8 Å². The van der Waals surface area contributed by atoms with Gasteiger partial charge in [-0.05, 0) is 67.6 Å². The van der Waals surface area contributed by atoms with Crippen molar-refractivity contribution in [3.63, 3.8) is 0 Å². The van der Waals surface area contributed by atoms with Crippen LogP contribution in [-0.2, 0) is 0 Å². The minimum atomic E-state index is -4.69. The third kappa shape index (κ3) is 4.03. The Balaban J connectivity index is 1.34. The summed E-state index contributed by atoms with van der Waals surface area (Å²) in [4.78, 5) is 24.3. The van der Waals surface area contributed by atoms with Crippen LogP contribution in [0.1, 0.15) is 46.9 Å². The molecule has 0 saturated heterocycles. The lowest BCUT2D eigenvalue weighted by Gasteiger charge is -2.26. The Labute approximate surface area is 192 Å². The number of nitrogens with zero attached hydrogens (tertiary/aromatic N) is 2. The first-order chi connectivity index (χ1) is 16.2. The number of carbonyl (C=O) groups excluding carboxylic acids is 1. The Hall–Kier alpha value is -3.72. The van der Waals surface area contributed by atoms with Crippen LogP contribution in [0.3, 0.4) is 0 Å². The van der Waals surface area contributed by atoms with E-state index in [0.717, 1.165) is 5.52 Å². The summed E-state index contributed by atoms with van der Waals surface area (Å²) in [6.07, 6.45) is -3.84. The summed E-state index contributed by atoms with van der Waals surface area (Å²) < 4.78 is 45.6. The van der Waals surface area contributed by atoms with Crippen molar-refractivity contribution in [2.75, 3.05) is 0 Å². The summed E-state index contributed by atoms with van der Waals surface area (Å²) in [5.74, 6) is -0.0383. The van der Waals surface area contributed by atoms with Crippen LogP contribution in [0, 0.1) is 0 Å². The first-order valence-corrected chi connectivity index (χ1v) is 10.7. The van der Waals surface area contributed by atoms with E-state index >= 15 is 0 Å². The Morgan fingerprint density at radius 3 is 2.56 bits per heavy atom. The van der Waals surface area contributed by atoms with E-state index in [1.807, 2.05) is 24.3 Å². The average Bonchev–Trinajstić information content (AvgIpc) is 3.44. The second-order valence-corrected chi connectivity index (χ2v) is 8.42. The molecule has 1 saturated carbocycles. The lowest BCUT2D eigenvalue weighted by molar-refractivity contribution is -0.257. The summed E-state index contributed by atoms with van der Waals surface area (Å²) in [6, 6.07) is 17.0. The molecule has 2 heterocycles. The van der Waals surface area contributed by atoms with Gasteiger partial charge in [0.1, 0.15) is 5.75 Å². The zero-order valence-electron chi connectivity index (χ0n) is 17.8. The van der Waals surface area contributed by atoms with Crippen LogP contribution >= 0.6 is 0 Å². The largest absolute Gasteiger partial charge is 0.439 e. The Morgan fingerprint density at radius 1 is 1.09 bits per heavy atom. The molecule has 1 aliphatic carbocycles. The number of rotatable bonds is 5. The number of H-pyrrole nitrogens is 1. The van der Waals surface area contributed by atoms with Gasteiger partial charge >= 0.3 is 6.18 Å². The van der Waals surface area contributed by atoms with Crippen molar-refractivity contribution < 1.29 is 27.8 Å². The van der Waals surface area contributed by atoms with Crippen molar-refractivity contribution in [3.8, 4) is 11.6 Å². The third-order valence-electron chi connectivity index (χ3n) is 6.19. The molecule has 4 aromatic rings. The number of alkyl halides is 3. The van der Waals surface area contributed by atoms with Gasteiger partial charge in [0.15, 0.2) is 11.4 Å². The molecule has 0 spiro atoms. The molecular weight excluding hydrogens is 447 g/mol. The first kappa shape index (κ1) is 22.1. The van der Waals surface area contributed by atoms with Gasteiger partial charge < -0.3 is 14.8 Å². The minimum Gasteiger partial charge on any atom is -0.439 e. The third-order valence-corrected chi connectivity index (χ3v) is 6.19. The van der Waals surface area contributed by atoms with Gasteiger partial charge in [0.25, 0.3) is 0 Å². The Morgan fingerprint density at radius 2 is 1.85 bits per heavy atom. The second-order valence-electron chi connectivity index (χ2n) is 8.42. The Bertz CT molecular complexity index is 1320. The lowest BCUT2D eigenvalue weighted by atomic mass is 9.95. The van der Waals surface area contributed by atoms with E-state index in [2.05, 4.69) is 15.0 Å². The highest BCUT2D eigenvalue weighted by Gasteiger charge is 2.57. The molecule has 9 heteroatoms.